The number of nitrogens with one attached hydrogen (secondary N) is 1. The minimum absolute atomic E-state index is 0.0777. The highest BCUT2D eigenvalue weighted by Crippen LogP contribution is 2.33. The number of aromatic nitrogens is 2. The minimum atomic E-state index is -1.19. The van der Waals surface area contributed by atoms with Crippen LogP contribution in [-0.2, 0) is 0 Å². The normalized spacial score (nSPS) is 10.7. The van der Waals surface area contributed by atoms with Crippen molar-refractivity contribution in [3.8, 4) is 5.69 Å². The molecule has 0 bridgehead atoms. The molecule has 0 saturated carbocycles. The summed E-state index contributed by atoms with van der Waals surface area (Å²) in [6.45, 7) is 5.40. The summed E-state index contributed by atoms with van der Waals surface area (Å²) in [5.41, 5.74) is 2.87. The molecule has 1 heterocycles. The van der Waals surface area contributed by atoms with Crippen LogP contribution < -0.4 is 5.32 Å². The van der Waals surface area contributed by atoms with Gasteiger partial charge in [0.05, 0.1) is 21.9 Å². The first-order valence-corrected chi connectivity index (χ1v) is 9.38. The van der Waals surface area contributed by atoms with Gasteiger partial charge in [-0.1, -0.05) is 0 Å². The van der Waals surface area contributed by atoms with Crippen LogP contribution in [0.2, 0.25) is 0 Å². The lowest BCUT2D eigenvalue weighted by Crippen LogP contribution is -2.10. The van der Waals surface area contributed by atoms with E-state index < -0.39 is 10.9 Å². The predicted molar refractivity (Wildman–Crippen MR) is 114 cm³/mol. The zero-order chi connectivity index (χ0) is 20.6. The van der Waals surface area contributed by atoms with Crippen LogP contribution in [0.3, 0.4) is 0 Å². The summed E-state index contributed by atoms with van der Waals surface area (Å²) < 4.78 is 2.42. The Morgan fingerprint density at radius 1 is 1.18 bits per heavy atom. The number of nitrogens with zero attached hydrogens (tertiary/aromatic N) is 3. The van der Waals surface area contributed by atoms with Crippen LogP contribution in [0.1, 0.15) is 27.3 Å². The third-order valence-corrected chi connectivity index (χ3v) is 4.91. The Balaban J connectivity index is 2.20. The summed E-state index contributed by atoms with van der Waals surface area (Å²) in [6.07, 6.45) is 0. The number of benzene rings is 2. The standard InChI is InChI=1S/C19H17IN4O4/c1-10-6-13(20)4-5-15(10)21-16-9-18(24(27)28)17(8-14(16)19(25)26)23-12(3)7-11(2)22-23/h4-9,21H,1-3H3,(H,25,26). The van der Waals surface area contributed by atoms with Gasteiger partial charge in [0.15, 0.2) is 0 Å². The number of hydrogen-bond acceptors (Lipinski definition) is 5. The molecule has 2 N–H and O–H groups in total. The van der Waals surface area contributed by atoms with Gasteiger partial charge in [-0.25, -0.2) is 9.48 Å². The van der Waals surface area contributed by atoms with Crippen molar-refractivity contribution in [1.29, 1.82) is 0 Å². The Labute approximate surface area is 174 Å². The van der Waals surface area contributed by atoms with Gasteiger partial charge >= 0.3 is 5.97 Å². The number of carbonyl (C=O) groups is 1. The number of aryl methyl sites for hydroxylation is 3. The van der Waals surface area contributed by atoms with Crippen LogP contribution in [0.4, 0.5) is 17.1 Å². The lowest BCUT2D eigenvalue weighted by molar-refractivity contribution is -0.384. The first-order valence-electron chi connectivity index (χ1n) is 8.30. The number of rotatable bonds is 5. The molecule has 0 aliphatic heterocycles. The highest BCUT2D eigenvalue weighted by molar-refractivity contribution is 14.1. The van der Waals surface area contributed by atoms with E-state index >= 15 is 0 Å². The van der Waals surface area contributed by atoms with Crippen LogP contribution in [0, 0.1) is 34.5 Å². The fourth-order valence-electron chi connectivity index (χ4n) is 2.96. The molecule has 0 aliphatic rings. The number of halogens is 1. The number of hydrogen-bond donors (Lipinski definition) is 2. The molecule has 9 heteroatoms. The lowest BCUT2D eigenvalue weighted by Gasteiger charge is -2.14. The van der Waals surface area contributed by atoms with Gasteiger partial charge in [-0.15, -0.1) is 0 Å². The van der Waals surface area contributed by atoms with Gasteiger partial charge in [-0.3, -0.25) is 10.1 Å². The van der Waals surface area contributed by atoms with Gasteiger partial charge in [-0.2, -0.15) is 5.10 Å². The van der Waals surface area contributed by atoms with Gasteiger partial charge in [-0.05, 0) is 79.3 Å². The van der Waals surface area contributed by atoms with E-state index in [1.165, 1.54) is 16.8 Å². The van der Waals surface area contributed by atoms with Gasteiger partial charge in [0.1, 0.15) is 5.69 Å². The largest absolute Gasteiger partial charge is 0.478 e. The van der Waals surface area contributed by atoms with Crippen molar-refractivity contribution in [2.75, 3.05) is 5.32 Å². The zero-order valence-corrected chi connectivity index (χ0v) is 17.5. The number of nitro groups is 1. The summed E-state index contributed by atoms with van der Waals surface area (Å²) >= 11 is 2.18. The van der Waals surface area contributed by atoms with E-state index in [0.717, 1.165) is 9.13 Å². The van der Waals surface area contributed by atoms with Crippen LogP contribution >= 0.6 is 22.6 Å². The molecule has 28 heavy (non-hydrogen) atoms. The molecule has 0 aliphatic carbocycles. The van der Waals surface area contributed by atoms with E-state index in [2.05, 4.69) is 33.0 Å². The van der Waals surface area contributed by atoms with E-state index in [1.807, 2.05) is 25.1 Å². The number of anilines is 2. The molecule has 2 aromatic carbocycles. The van der Waals surface area contributed by atoms with E-state index in [9.17, 15) is 20.0 Å². The first kappa shape index (κ1) is 19.8. The SMILES string of the molecule is Cc1cc(C)n(-c2cc(C(=O)O)c(Nc3ccc(I)cc3C)cc2[N+](=O)[O-])n1. The average Bonchev–Trinajstić information content (AvgIpc) is 2.94. The Morgan fingerprint density at radius 2 is 1.89 bits per heavy atom. The molecule has 3 aromatic rings. The van der Waals surface area contributed by atoms with Crippen LogP contribution in [0.25, 0.3) is 5.69 Å². The number of nitro benzene ring substituents is 1. The molecular weight excluding hydrogens is 475 g/mol. The smallest absolute Gasteiger partial charge is 0.337 e. The van der Waals surface area contributed by atoms with E-state index in [1.54, 1.807) is 19.9 Å². The summed E-state index contributed by atoms with van der Waals surface area (Å²) in [6, 6.07) is 9.91. The quantitative estimate of drug-likeness (QED) is 0.302. The van der Waals surface area contributed by atoms with Crippen LogP contribution in [0.5, 0.6) is 0 Å². The highest BCUT2D eigenvalue weighted by atomic mass is 127. The van der Waals surface area contributed by atoms with Crippen molar-refractivity contribution >= 4 is 45.6 Å². The summed E-state index contributed by atoms with van der Waals surface area (Å²) in [5, 5.41) is 28.7. The van der Waals surface area contributed by atoms with Gasteiger partial charge in [0.25, 0.3) is 5.69 Å². The van der Waals surface area contributed by atoms with Crippen molar-refractivity contribution < 1.29 is 14.8 Å². The first-order chi connectivity index (χ1) is 13.2. The second-order valence-corrected chi connectivity index (χ2v) is 7.62. The third kappa shape index (κ3) is 3.84. The topological polar surface area (TPSA) is 110 Å². The van der Waals surface area contributed by atoms with Crippen molar-refractivity contribution in [3.05, 3.63) is 72.6 Å². The maximum absolute atomic E-state index is 11.9. The van der Waals surface area contributed by atoms with Crippen molar-refractivity contribution in [2.45, 2.75) is 20.8 Å². The molecule has 1 aromatic heterocycles. The fraction of sp³-hybridized carbons (Fsp3) is 0.158. The maximum atomic E-state index is 11.9. The van der Waals surface area contributed by atoms with E-state index in [-0.39, 0.29) is 22.6 Å². The van der Waals surface area contributed by atoms with Crippen molar-refractivity contribution in [1.82, 2.24) is 9.78 Å². The fourth-order valence-corrected chi connectivity index (χ4v) is 3.61. The number of aromatic carboxylic acids is 1. The van der Waals surface area contributed by atoms with Gasteiger partial charge in [0, 0.05) is 21.0 Å². The highest BCUT2D eigenvalue weighted by Gasteiger charge is 2.24. The third-order valence-electron chi connectivity index (χ3n) is 4.24. The van der Waals surface area contributed by atoms with Crippen LogP contribution in [0.15, 0.2) is 36.4 Å². The monoisotopic (exact) mass is 492 g/mol. The second-order valence-electron chi connectivity index (χ2n) is 6.37. The Morgan fingerprint density at radius 3 is 2.43 bits per heavy atom. The molecule has 8 nitrogen and oxygen atoms in total. The van der Waals surface area contributed by atoms with Crippen molar-refractivity contribution in [2.24, 2.45) is 0 Å². The number of carboxylic acid groups (broad SMARTS) is 1. The minimum Gasteiger partial charge on any atom is -0.478 e. The molecule has 0 unspecified atom stereocenters. The predicted octanol–water partition coefficient (Wildman–Crippen LogP) is 4.75. The van der Waals surface area contributed by atoms with Gasteiger partial charge < -0.3 is 10.4 Å². The molecule has 0 atom stereocenters. The summed E-state index contributed by atoms with van der Waals surface area (Å²) in [5.74, 6) is -1.19. The Bertz CT molecular complexity index is 1110. The second kappa shape index (κ2) is 7.58. The molecule has 3 rings (SSSR count). The molecule has 0 amide bonds. The van der Waals surface area contributed by atoms with E-state index in [0.29, 0.717) is 17.1 Å². The molecule has 0 radical (unpaired) electrons. The Kier molecular flexibility index (Phi) is 5.36. The molecule has 0 spiro atoms. The molecule has 144 valence electrons. The zero-order valence-electron chi connectivity index (χ0n) is 15.4. The lowest BCUT2D eigenvalue weighted by atomic mass is 10.1. The Hall–Kier alpha value is -2.95. The molecule has 0 fully saturated rings. The maximum Gasteiger partial charge on any atom is 0.337 e. The van der Waals surface area contributed by atoms with Crippen LogP contribution in [-0.4, -0.2) is 25.8 Å². The summed E-state index contributed by atoms with van der Waals surface area (Å²) in [4.78, 5) is 23.0. The molecular formula is C19H17IN4O4. The van der Waals surface area contributed by atoms with E-state index in [4.69, 9.17) is 0 Å². The average molecular weight is 492 g/mol. The van der Waals surface area contributed by atoms with Crippen molar-refractivity contribution in [3.63, 3.8) is 0 Å². The number of carboxylic acids is 1. The molecule has 0 saturated heterocycles. The summed E-state index contributed by atoms with van der Waals surface area (Å²) in [7, 11) is 0. The van der Waals surface area contributed by atoms with Gasteiger partial charge in [0.2, 0.25) is 0 Å².